The van der Waals surface area contributed by atoms with Crippen LogP contribution in [0, 0.1) is 0 Å². The van der Waals surface area contributed by atoms with Crippen LogP contribution in [0.4, 0.5) is 0 Å². The van der Waals surface area contributed by atoms with Gasteiger partial charge in [0.25, 0.3) is 5.91 Å². The number of rotatable bonds is 5. The Balaban J connectivity index is 1.36. The molecule has 1 aliphatic rings. The molecule has 27 heavy (non-hydrogen) atoms. The minimum atomic E-state index is -0.126. The molecule has 142 valence electrons. The molecule has 0 saturated heterocycles. The molecule has 2 N–H and O–H groups in total. The lowest BCUT2D eigenvalue weighted by Crippen LogP contribution is -2.28. The van der Waals surface area contributed by atoms with Gasteiger partial charge in [0.15, 0.2) is 11.3 Å². The van der Waals surface area contributed by atoms with Gasteiger partial charge in [-0.15, -0.1) is 0 Å². The van der Waals surface area contributed by atoms with Crippen LogP contribution in [0.2, 0.25) is 0 Å². The normalized spacial score (nSPS) is 19.2. The summed E-state index contributed by atoms with van der Waals surface area (Å²) in [5.41, 5.74) is 4.17. The Morgan fingerprint density at radius 1 is 1.44 bits per heavy atom. The lowest BCUT2D eigenvalue weighted by atomic mass is 9.99. The summed E-state index contributed by atoms with van der Waals surface area (Å²) in [6.45, 7) is 4.59. The van der Waals surface area contributed by atoms with Crippen molar-refractivity contribution in [2.45, 2.75) is 45.3 Å². The number of carbonyl (C=O) groups is 1. The number of aromatic amines is 1. The van der Waals surface area contributed by atoms with Gasteiger partial charge in [-0.25, -0.2) is 9.97 Å². The average Bonchev–Trinajstić information content (AvgIpc) is 3.19. The number of amides is 1. The van der Waals surface area contributed by atoms with E-state index < -0.39 is 0 Å². The SMILES string of the molecule is C[C@@H]1Cc2c(C(=O)NCCCc3nc4ncccc4[nH]3)nn(C)c2[C@H](C)O1. The molecule has 0 unspecified atom stereocenters. The first-order valence-electron chi connectivity index (χ1n) is 9.32. The van der Waals surface area contributed by atoms with E-state index in [0.29, 0.717) is 18.7 Å². The number of nitrogens with one attached hydrogen (secondary N) is 2. The van der Waals surface area contributed by atoms with E-state index in [2.05, 4.69) is 25.4 Å². The number of imidazole rings is 1. The summed E-state index contributed by atoms with van der Waals surface area (Å²) in [5.74, 6) is 0.757. The fraction of sp³-hybridized carbons (Fsp3) is 0.474. The van der Waals surface area contributed by atoms with Gasteiger partial charge in [-0.05, 0) is 32.4 Å². The van der Waals surface area contributed by atoms with Crippen molar-refractivity contribution in [2.75, 3.05) is 6.54 Å². The molecule has 4 heterocycles. The van der Waals surface area contributed by atoms with E-state index in [1.165, 1.54) is 0 Å². The number of hydrogen-bond acceptors (Lipinski definition) is 5. The van der Waals surface area contributed by atoms with Crippen molar-refractivity contribution in [1.29, 1.82) is 0 Å². The van der Waals surface area contributed by atoms with E-state index in [-0.39, 0.29) is 18.1 Å². The van der Waals surface area contributed by atoms with Crippen LogP contribution in [0.1, 0.15) is 53.9 Å². The van der Waals surface area contributed by atoms with Gasteiger partial charge in [-0.2, -0.15) is 5.10 Å². The zero-order valence-electron chi connectivity index (χ0n) is 15.8. The van der Waals surface area contributed by atoms with E-state index in [1.54, 1.807) is 10.9 Å². The van der Waals surface area contributed by atoms with Crippen LogP contribution in [0.5, 0.6) is 0 Å². The second kappa shape index (κ2) is 7.11. The molecule has 1 amide bonds. The van der Waals surface area contributed by atoms with Gasteiger partial charge in [0.2, 0.25) is 0 Å². The summed E-state index contributed by atoms with van der Waals surface area (Å²) in [7, 11) is 1.86. The Kier molecular flexibility index (Phi) is 4.65. The van der Waals surface area contributed by atoms with Crippen molar-refractivity contribution in [3.63, 3.8) is 0 Å². The molecule has 0 aliphatic carbocycles. The van der Waals surface area contributed by atoms with Crippen LogP contribution in [0.25, 0.3) is 11.2 Å². The summed E-state index contributed by atoms with van der Waals surface area (Å²) in [6.07, 6.45) is 4.01. The number of pyridine rings is 1. The highest BCUT2D eigenvalue weighted by Crippen LogP contribution is 2.31. The molecule has 2 atom stereocenters. The Morgan fingerprint density at radius 3 is 3.11 bits per heavy atom. The standard InChI is InChI=1S/C19H24N6O2/c1-11-10-13-16(24-25(3)17(13)12(2)27-11)19(26)21-9-5-7-15-22-14-6-4-8-20-18(14)23-15/h4,6,8,11-12H,5,7,9-10H2,1-3H3,(H,21,26)(H,20,22,23)/t11-,12+/m1/s1. The fourth-order valence-corrected chi connectivity index (χ4v) is 3.78. The summed E-state index contributed by atoms with van der Waals surface area (Å²) < 4.78 is 7.62. The molecule has 0 spiro atoms. The highest BCUT2D eigenvalue weighted by atomic mass is 16.5. The van der Waals surface area contributed by atoms with Crippen LogP contribution in [-0.2, 0) is 24.6 Å². The molecule has 1 aliphatic heterocycles. The van der Waals surface area contributed by atoms with Crippen LogP contribution in [0.15, 0.2) is 18.3 Å². The maximum absolute atomic E-state index is 12.6. The number of aryl methyl sites for hydroxylation is 2. The van der Waals surface area contributed by atoms with Gasteiger partial charge in [-0.3, -0.25) is 9.48 Å². The first-order chi connectivity index (χ1) is 13.0. The minimum Gasteiger partial charge on any atom is -0.369 e. The van der Waals surface area contributed by atoms with Gasteiger partial charge in [0.1, 0.15) is 5.82 Å². The lowest BCUT2D eigenvalue weighted by molar-refractivity contribution is -0.00902. The molecule has 0 bridgehead atoms. The molecule has 0 saturated carbocycles. The Bertz CT molecular complexity index is 943. The number of ether oxygens (including phenoxy) is 1. The maximum Gasteiger partial charge on any atom is 0.272 e. The van der Waals surface area contributed by atoms with Crippen LogP contribution in [0.3, 0.4) is 0 Å². The molecule has 0 fully saturated rings. The van der Waals surface area contributed by atoms with E-state index in [1.807, 2.05) is 33.0 Å². The van der Waals surface area contributed by atoms with Crippen molar-refractivity contribution in [2.24, 2.45) is 7.05 Å². The zero-order valence-corrected chi connectivity index (χ0v) is 15.8. The van der Waals surface area contributed by atoms with Crippen LogP contribution < -0.4 is 5.32 Å². The smallest absolute Gasteiger partial charge is 0.272 e. The molecule has 3 aromatic rings. The Labute approximate surface area is 157 Å². The molecule has 0 aromatic carbocycles. The predicted molar refractivity (Wildman–Crippen MR) is 100 cm³/mol. The second-order valence-electron chi connectivity index (χ2n) is 7.05. The number of carbonyl (C=O) groups excluding carboxylic acids is 1. The molecular weight excluding hydrogens is 344 g/mol. The summed E-state index contributed by atoms with van der Waals surface area (Å²) in [5, 5.41) is 7.42. The quantitative estimate of drug-likeness (QED) is 0.672. The number of aromatic nitrogens is 5. The monoisotopic (exact) mass is 368 g/mol. The van der Waals surface area contributed by atoms with Crippen LogP contribution in [-0.4, -0.2) is 43.3 Å². The zero-order chi connectivity index (χ0) is 19.0. The largest absolute Gasteiger partial charge is 0.369 e. The molecule has 4 rings (SSSR count). The van der Waals surface area contributed by atoms with Gasteiger partial charge >= 0.3 is 0 Å². The first kappa shape index (κ1) is 17.7. The maximum atomic E-state index is 12.6. The summed E-state index contributed by atoms with van der Waals surface area (Å²) in [6, 6.07) is 3.83. The van der Waals surface area contributed by atoms with Crippen molar-refractivity contribution in [3.8, 4) is 0 Å². The highest BCUT2D eigenvalue weighted by Gasteiger charge is 2.31. The average molecular weight is 368 g/mol. The third-order valence-electron chi connectivity index (χ3n) is 4.90. The number of H-pyrrole nitrogens is 1. The van der Waals surface area contributed by atoms with E-state index >= 15 is 0 Å². The van der Waals surface area contributed by atoms with Gasteiger partial charge in [0, 0.05) is 38.2 Å². The van der Waals surface area contributed by atoms with Crippen molar-refractivity contribution < 1.29 is 9.53 Å². The van der Waals surface area contributed by atoms with E-state index in [0.717, 1.165) is 41.1 Å². The van der Waals surface area contributed by atoms with Gasteiger partial charge in [0.05, 0.1) is 23.4 Å². The topological polar surface area (TPSA) is 97.7 Å². The van der Waals surface area contributed by atoms with Crippen LogP contribution >= 0.6 is 0 Å². The van der Waals surface area contributed by atoms with Crippen molar-refractivity contribution >= 4 is 17.1 Å². The summed E-state index contributed by atoms with van der Waals surface area (Å²) in [4.78, 5) is 24.6. The third kappa shape index (κ3) is 3.44. The molecule has 8 nitrogen and oxygen atoms in total. The molecule has 8 heteroatoms. The Morgan fingerprint density at radius 2 is 2.30 bits per heavy atom. The third-order valence-corrected chi connectivity index (χ3v) is 4.90. The van der Waals surface area contributed by atoms with Gasteiger partial charge < -0.3 is 15.0 Å². The van der Waals surface area contributed by atoms with E-state index in [4.69, 9.17) is 4.74 Å². The fourth-order valence-electron chi connectivity index (χ4n) is 3.78. The van der Waals surface area contributed by atoms with Gasteiger partial charge in [-0.1, -0.05) is 0 Å². The van der Waals surface area contributed by atoms with E-state index in [9.17, 15) is 4.79 Å². The Hall–Kier alpha value is -2.74. The predicted octanol–water partition coefficient (Wildman–Crippen LogP) is 2.08. The van der Waals surface area contributed by atoms with Crippen molar-refractivity contribution in [1.82, 2.24) is 30.0 Å². The second-order valence-corrected chi connectivity index (χ2v) is 7.05. The number of fused-ring (bicyclic) bond motifs is 2. The highest BCUT2D eigenvalue weighted by molar-refractivity contribution is 5.94. The molecule has 0 radical (unpaired) electrons. The lowest BCUT2D eigenvalue weighted by Gasteiger charge is -2.26. The molecular formula is C19H24N6O2. The number of nitrogens with zero attached hydrogens (tertiary/aromatic N) is 4. The van der Waals surface area contributed by atoms with Crippen molar-refractivity contribution in [3.05, 3.63) is 41.1 Å². The molecule has 3 aromatic heterocycles. The minimum absolute atomic E-state index is 0.0514. The number of hydrogen-bond donors (Lipinski definition) is 2. The first-order valence-corrected chi connectivity index (χ1v) is 9.32. The summed E-state index contributed by atoms with van der Waals surface area (Å²) >= 11 is 0.